The van der Waals surface area contributed by atoms with Gasteiger partial charge in [-0.3, -0.25) is 4.79 Å². The van der Waals surface area contributed by atoms with Crippen LogP contribution in [0.25, 0.3) is 0 Å². The maximum Gasteiger partial charge on any atom is 0.239 e. The lowest BCUT2D eigenvalue weighted by atomic mass is 10.2. The summed E-state index contributed by atoms with van der Waals surface area (Å²) < 4.78 is 0. The minimum atomic E-state index is -0.105. The second-order valence-electron chi connectivity index (χ2n) is 2.94. The van der Waals surface area contributed by atoms with Crippen LogP contribution in [0, 0.1) is 0 Å². The third-order valence-corrected chi connectivity index (χ3v) is 3.32. The normalized spacial score (nSPS) is 12.4. The molecule has 0 spiro atoms. The number of nitrogens with zero attached hydrogens (tertiary/aromatic N) is 1. The van der Waals surface area contributed by atoms with Crippen molar-refractivity contribution in [1.82, 2.24) is 4.98 Å². The molecule has 0 aliphatic rings. The van der Waals surface area contributed by atoms with Crippen molar-refractivity contribution >= 4 is 38.3 Å². The standard InChI is InChI=1S/C9H13BrN2OS/c1-2-3-4-7(10)8(13)12-9-11-5-6-14-9/h5-7H,2-4H2,1H3,(H,11,12,13). The van der Waals surface area contributed by atoms with Crippen LogP contribution in [0.1, 0.15) is 26.2 Å². The number of alkyl halides is 1. The van der Waals surface area contributed by atoms with E-state index in [0.717, 1.165) is 19.3 Å². The molecule has 0 saturated heterocycles. The maximum absolute atomic E-state index is 11.5. The summed E-state index contributed by atoms with van der Waals surface area (Å²) in [4.78, 5) is 15.4. The molecular formula is C9H13BrN2OS. The molecule has 0 saturated carbocycles. The average molecular weight is 277 g/mol. The molecule has 1 rings (SSSR count). The molecule has 0 fully saturated rings. The molecule has 1 unspecified atom stereocenters. The molecule has 0 aliphatic carbocycles. The molecule has 0 aliphatic heterocycles. The summed E-state index contributed by atoms with van der Waals surface area (Å²) >= 11 is 4.78. The van der Waals surface area contributed by atoms with E-state index >= 15 is 0 Å². The minimum absolute atomic E-state index is 0.00611. The Bertz CT molecular complexity index is 276. The van der Waals surface area contributed by atoms with E-state index in [1.54, 1.807) is 6.20 Å². The zero-order valence-corrected chi connectivity index (χ0v) is 10.4. The summed E-state index contributed by atoms with van der Waals surface area (Å²) in [5.41, 5.74) is 0. The predicted octanol–water partition coefficient (Wildman–Crippen LogP) is 3.04. The number of carbonyl (C=O) groups excluding carboxylic acids is 1. The van der Waals surface area contributed by atoms with Gasteiger partial charge in [-0.25, -0.2) is 4.98 Å². The van der Waals surface area contributed by atoms with Gasteiger partial charge in [0.2, 0.25) is 5.91 Å². The first-order chi connectivity index (χ1) is 6.74. The molecule has 1 N–H and O–H groups in total. The van der Waals surface area contributed by atoms with Gasteiger partial charge in [-0.15, -0.1) is 11.3 Å². The molecule has 1 amide bonds. The number of rotatable bonds is 5. The number of aromatic nitrogens is 1. The first-order valence-corrected chi connectivity index (χ1v) is 6.38. The number of thiazole rings is 1. The highest BCUT2D eigenvalue weighted by Gasteiger charge is 2.14. The van der Waals surface area contributed by atoms with Gasteiger partial charge in [0.25, 0.3) is 0 Å². The van der Waals surface area contributed by atoms with Gasteiger partial charge in [0.1, 0.15) is 0 Å². The fourth-order valence-corrected chi connectivity index (χ4v) is 1.95. The predicted molar refractivity (Wildman–Crippen MR) is 63.0 cm³/mol. The Morgan fingerprint density at radius 3 is 3.14 bits per heavy atom. The van der Waals surface area contributed by atoms with Crippen LogP contribution in [0.5, 0.6) is 0 Å². The highest BCUT2D eigenvalue weighted by Crippen LogP contribution is 2.15. The Hall–Kier alpha value is -0.420. The number of amides is 1. The molecule has 0 aromatic carbocycles. The lowest BCUT2D eigenvalue weighted by molar-refractivity contribution is -0.115. The van der Waals surface area contributed by atoms with Crippen molar-refractivity contribution in [2.45, 2.75) is 31.0 Å². The Labute approximate surface area is 96.1 Å². The zero-order chi connectivity index (χ0) is 10.4. The molecule has 1 aromatic rings. The van der Waals surface area contributed by atoms with Crippen LogP contribution in [0.3, 0.4) is 0 Å². The van der Waals surface area contributed by atoms with Gasteiger partial charge in [0.15, 0.2) is 5.13 Å². The van der Waals surface area contributed by atoms with Gasteiger partial charge >= 0.3 is 0 Å². The minimum Gasteiger partial charge on any atom is -0.301 e. The molecule has 14 heavy (non-hydrogen) atoms. The SMILES string of the molecule is CCCCC(Br)C(=O)Nc1nccs1. The van der Waals surface area contributed by atoms with Crippen molar-refractivity contribution in [1.29, 1.82) is 0 Å². The van der Waals surface area contributed by atoms with Crippen LogP contribution >= 0.6 is 27.3 Å². The van der Waals surface area contributed by atoms with Crippen molar-refractivity contribution in [2.75, 3.05) is 5.32 Å². The summed E-state index contributed by atoms with van der Waals surface area (Å²) in [7, 11) is 0. The second kappa shape index (κ2) is 6.14. The second-order valence-corrected chi connectivity index (χ2v) is 4.94. The number of hydrogen-bond donors (Lipinski definition) is 1. The summed E-state index contributed by atoms with van der Waals surface area (Å²) in [5.74, 6) is -0.00611. The number of nitrogens with one attached hydrogen (secondary N) is 1. The lowest BCUT2D eigenvalue weighted by Gasteiger charge is -2.07. The summed E-state index contributed by atoms with van der Waals surface area (Å²) in [6.45, 7) is 2.11. The van der Waals surface area contributed by atoms with Crippen molar-refractivity contribution in [3.8, 4) is 0 Å². The fraction of sp³-hybridized carbons (Fsp3) is 0.556. The van der Waals surface area contributed by atoms with Crippen molar-refractivity contribution in [3.05, 3.63) is 11.6 Å². The maximum atomic E-state index is 11.5. The van der Waals surface area contributed by atoms with E-state index in [9.17, 15) is 4.79 Å². The Morgan fingerprint density at radius 2 is 2.57 bits per heavy atom. The van der Waals surface area contributed by atoms with Crippen LogP contribution in [0.2, 0.25) is 0 Å². The van der Waals surface area contributed by atoms with E-state index in [0.29, 0.717) is 5.13 Å². The number of anilines is 1. The van der Waals surface area contributed by atoms with Crippen LogP contribution in [0.15, 0.2) is 11.6 Å². The van der Waals surface area contributed by atoms with Crippen LogP contribution < -0.4 is 5.32 Å². The third-order valence-electron chi connectivity index (χ3n) is 1.76. The first kappa shape index (κ1) is 11.7. The quantitative estimate of drug-likeness (QED) is 0.840. The highest BCUT2D eigenvalue weighted by molar-refractivity contribution is 9.10. The van der Waals surface area contributed by atoms with Crippen molar-refractivity contribution < 1.29 is 4.79 Å². The number of hydrogen-bond acceptors (Lipinski definition) is 3. The molecular weight excluding hydrogens is 264 g/mol. The molecule has 0 radical (unpaired) electrons. The van der Waals surface area contributed by atoms with E-state index in [1.165, 1.54) is 11.3 Å². The van der Waals surface area contributed by atoms with Crippen LogP contribution in [0.4, 0.5) is 5.13 Å². The highest BCUT2D eigenvalue weighted by atomic mass is 79.9. The Kier molecular flexibility index (Phi) is 5.11. The van der Waals surface area contributed by atoms with E-state index in [-0.39, 0.29) is 10.7 Å². The van der Waals surface area contributed by atoms with Gasteiger partial charge in [0, 0.05) is 11.6 Å². The summed E-state index contributed by atoms with van der Waals surface area (Å²) in [6.07, 6.45) is 4.71. The third kappa shape index (κ3) is 3.75. The number of carbonyl (C=O) groups is 1. The summed E-state index contributed by atoms with van der Waals surface area (Å²) in [6, 6.07) is 0. The van der Waals surface area contributed by atoms with Crippen LogP contribution in [-0.4, -0.2) is 15.7 Å². The molecule has 1 heterocycles. The van der Waals surface area contributed by atoms with E-state index in [2.05, 4.69) is 33.2 Å². The first-order valence-electron chi connectivity index (χ1n) is 4.58. The van der Waals surface area contributed by atoms with Gasteiger partial charge in [-0.2, -0.15) is 0 Å². The molecule has 3 nitrogen and oxygen atoms in total. The van der Waals surface area contributed by atoms with Gasteiger partial charge in [-0.05, 0) is 6.42 Å². The fourth-order valence-electron chi connectivity index (χ4n) is 0.983. The summed E-state index contributed by atoms with van der Waals surface area (Å²) in [5, 5.41) is 5.25. The molecule has 1 atom stereocenters. The number of unbranched alkanes of at least 4 members (excludes halogenated alkanes) is 1. The molecule has 1 aromatic heterocycles. The van der Waals surface area contributed by atoms with Gasteiger partial charge in [0.05, 0.1) is 4.83 Å². The number of halogens is 1. The monoisotopic (exact) mass is 276 g/mol. The Morgan fingerprint density at radius 1 is 1.79 bits per heavy atom. The van der Waals surface area contributed by atoms with E-state index in [4.69, 9.17) is 0 Å². The van der Waals surface area contributed by atoms with E-state index in [1.807, 2.05) is 5.38 Å². The average Bonchev–Trinajstić information content (AvgIpc) is 2.66. The zero-order valence-electron chi connectivity index (χ0n) is 8.00. The molecule has 78 valence electrons. The lowest BCUT2D eigenvalue weighted by Crippen LogP contribution is -2.22. The topological polar surface area (TPSA) is 42.0 Å². The largest absolute Gasteiger partial charge is 0.301 e. The Balaban J connectivity index is 2.34. The van der Waals surface area contributed by atoms with Crippen molar-refractivity contribution in [3.63, 3.8) is 0 Å². The van der Waals surface area contributed by atoms with Gasteiger partial charge in [-0.1, -0.05) is 35.7 Å². The van der Waals surface area contributed by atoms with Gasteiger partial charge < -0.3 is 5.32 Å². The van der Waals surface area contributed by atoms with E-state index < -0.39 is 0 Å². The molecule has 5 heteroatoms. The smallest absolute Gasteiger partial charge is 0.239 e. The molecule has 0 bridgehead atoms. The van der Waals surface area contributed by atoms with Crippen LogP contribution in [-0.2, 0) is 4.79 Å². The van der Waals surface area contributed by atoms with Crippen molar-refractivity contribution in [2.24, 2.45) is 0 Å².